The highest BCUT2D eigenvalue weighted by Crippen LogP contribution is 2.41. The minimum Gasteiger partial charge on any atom is -0.310 e. The molecule has 7 rings (SSSR count). The molecule has 0 bridgehead atoms. The van der Waals surface area contributed by atoms with Gasteiger partial charge in [0.15, 0.2) is 0 Å². The zero-order valence-corrected chi connectivity index (χ0v) is 19.3. The molecule has 0 unspecified atom stereocenters. The topological polar surface area (TPSA) is 3.24 Å². The summed E-state index contributed by atoms with van der Waals surface area (Å²) in [5.74, 6) is 0. The lowest BCUT2D eigenvalue weighted by molar-refractivity contribution is 1.30. The van der Waals surface area contributed by atoms with Gasteiger partial charge in [0.25, 0.3) is 0 Å². The maximum Gasteiger partial charge on any atom is 0.0468 e. The first-order valence-corrected chi connectivity index (χ1v) is 12.3. The molecule has 1 aromatic heterocycles. The summed E-state index contributed by atoms with van der Waals surface area (Å²) in [6.45, 7) is 0. The molecular formula is C32H21NS. The summed E-state index contributed by atoms with van der Waals surface area (Å²) < 4.78 is 2.65. The first-order chi connectivity index (χ1) is 16.8. The minimum atomic E-state index is 1.16. The molecule has 0 saturated heterocycles. The van der Waals surface area contributed by atoms with Crippen molar-refractivity contribution >= 4 is 70.1 Å². The van der Waals surface area contributed by atoms with Gasteiger partial charge in [0.1, 0.15) is 0 Å². The number of fused-ring (bicyclic) bond motifs is 5. The lowest BCUT2D eigenvalue weighted by atomic mass is 10.1. The van der Waals surface area contributed by atoms with Crippen molar-refractivity contribution < 1.29 is 0 Å². The quantitative estimate of drug-likeness (QED) is 0.258. The first-order valence-electron chi connectivity index (χ1n) is 11.5. The molecule has 0 fully saturated rings. The van der Waals surface area contributed by atoms with Crippen LogP contribution in [-0.4, -0.2) is 0 Å². The van der Waals surface area contributed by atoms with E-state index in [1.807, 2.05) is 11.3 Å². The lowest BCUT2D eigenvalue weighted by Gasteiger charge is -2.26. The number of anilines is 3. The summed E-state index contributed by atoms with van der Waals surface area (Å²) in [4.78, 5) is 2.38. The molecule has 0 spiro atoms. The molecule has 0 radical (unpaired) electrons. The van der Waals surface area contributed by atoms with Gasteiger partial charge in [-0.2, -0.15) is 0 Å². The van der Waals surface area contributed by atoms with E-state index in [-0.39, 0.29) is 0 Å². The Morgan fingerprint density at radius 1 is 0.382 bits per heavy atom. The van der Waals surface area contributed by atoms with E-state index in [2.05, 4.69) is 132 Å². The van der Waals surface area contributed by atoms with Crippen molar-refractivity contribution in [1.82, 2.24) is 0 Å². The van der Waals surface area contributed by atoms with Crippen LogP contribution in [0.2, 0.25) is 0 Å². The molecule has 0 aliphatic carbocycles. The number of thiophene rings is 1. The predicted molar refractivity (Wildman–Crippen MR) is 149 cm³/mol. The zero-order valence-electron chi connectivity index (χ0n) is 18.5. The molecule has 0 atom stereocenters. The van der Waals surface area contributed by atoms with Gasteiger partial charge < -0.3 is 4.90 Å². The fourth-order valence-corrected chi connectivity index (χ4v) is 6.02. The zero-order chi connectivity index (χ0) is 22.5. The van der Waals surface area contributed by atoms with Crippen LogP contribution in [0.15, 0.2) is 127 Å². The SMILES string of the molecule is c1ccc2cc(N(c3ccc4ccccc4c3)c3ccc4sc5ccccc5c4c3)ccc2c1. The van der Waals surface area contributed by atoms with Crippen LogP contribution in [0.4, 0.5) is 17.1 Å². The maximum absolute atomic E-state index is 2.38. The molecule has 1 heterocycles. The van der Waals surface area contributed by atoms with Crippen molar-refractivity contribution in [2.24, 2.45) is 0 Å². The van der Waals surface area contributed by atoms with Crippen molar-refractivity contribution in [3.8, 4) is 0 Å². The van der Waals surface area contributed by atoms with Crippen LogP contribution >= 0.6 is 11.3 Å². The molecule has 0 aliphatic heterocycles. The van der Waals surface area contributed by atoms with Gasteiger partial charge in [-0.25, -0.2) is 0 Å². The molecule has 2 heteroatoms. The van der Waals surface area contributed by atoms with Crippen LogP contribution in [0, 0.1) is 0 Å². The smallest absolute Gasteiger partial charge is 0.0468 e. The van der Waals surface area contributed by atoms with E-state index in [1.54, 1.807) is 0 Å². The van der Waals surface area contributed by atoms with E-state index < -0.39 is 0 Å². The minimum absolute atomic E-state index is 1.16. The van der Waals surface area contributed by atoms with E-state index in [0.29, 0.717) is 0 Å². The Labute approximate surface area is 202 Å². The second-order valence-corrected chi connectivity index (χ2v) is 9.76. The van der Waals surface area contributed by atoms with Gasteiger partial charge in [-0.15, -0.1) is 11.3 Å². The van der Waals surface area contributed by atoms with Crippen molar-refractivity contribution in [2.75, 3.05) is 4.90 Å². The highest BCUT2D eigenvalue weighted by molar-refractivity contribution is 7.25. The Balaban J connectivity index is 1.48. The van der Waals surface area contributed by atoms with Crippen molar-refractivity contribution in [3.05, 3.63) is 127 Å². The van der Waals surface area contributed by atoms with Crippen LogP contribution in [0.25, 0.3) is 41.7 Å². The number of rotatable bonds is 3. The van der Waals surface area contributed by atoms with E-state index >= 15 is 0 Å². The van der Waals surface area contributed by atoms with Crippen LogP contribution in [0.3, 0.4) is 0 Å². The Bertz CT molecular complexity index is 1750. The summed E-state index contributed by atoms with van der Waals surface area (Å²) in [5.41, 5.74) is 3.49. The van der Waals surface area contributed by atoms with Gasteiger partial charge in [-0.1, -0.05) is 78.9 Å². The number of benzene rings is 6. The largest absolute Gasteiger partial charge is 0.310 e. The summed E-state index contributed by atoms with van der Waals surface area (Å²) in [5, 5.41) is 7.62. The number of hydrogen-bond acceptors (Lipinski definition) is 2. The molecule has 0 saturated carbocycles. The highest BCUT2D eigenvalue weighted by atomic mass is 32.1. The molecule has 7 aromatic rings. The predicted octanol–water partition coefficient (Wildman–Crippen LogP) is 9.83. The Kier molecular flexibility index (Phi) is 4.39. The van der Waals surface area contributed by atoms with Gasteiger partial charge >= 0.3 is 0 Å². The average Bonchev–Trinajstić information content (AvgIpc) is 3.27. The molecular weight excluding hydrogens is 430 g/mol. The second kappa shape index (κ2) is 7.72. The van der Waals surface area contributed by atoms with Gasteiger partial charge in [0.2, 0.25) is 0 Å². The van der Waals surface area contributed by atoms with E-state index in [4.69, 9.17) is 0 Å². The third kappa shape index (κ3) is 3.15. The fraction of sp³-hybridized carbons (Fsp3) is 0. The van der Waals surface area contributed by atoms with E-state index in [9.17, 15) is 0 Å². The first kappa shape index (κ1) is 19.3. The van der Waals surface area contributed by atoms with Gasteiger partial charge in [-0.3, -0.25) is 0 Å². The Hall–Kier alpha value is -4.14. The van der Waals surface area contributed by atoms with Crippen molar-refractivity contribution in [3.63, 3.8) is 0 Å². The highest BCUT2D eigenvalue weighted by Gasteiger charge is 2.15. The summed E-state index contributed by atoms with van der Waals surface area (Å²) in [6, 6.07) is 46.2. The third-order valence-corrected chi connectivity index (χ3v) is 7.75. The van der Waals surface area contributed by atoms with Crippen molar-refractivity contribution in [2.45, 2.75) is 0 Å². The van der Waals surface area contributed by atoms with Crippen LogP contribution in [0.1, 0.15) is 0 Å². The van der Waals surface area contributed by atoms with Crippen LogP contribution < -0.4 is 4.90 Å². The molecule has 34 heavy (non-hydrogen) atoms. The van der Waals surface area contributed by atoms with Gasteiger partial charge in [0, 0.05) is 37.2 Å². The normalized spacial score (nSPS) is 11.5. The van der Waals surface area contributed by atoms with Crippen LogP contribution in [-0.2, 0) is 0 Å². The summed E-state index contributed by atoms with van der Waals surface area (Å²) in [7, 11) is 0. The van der Waals surface area contributed by atoms with E-state index in [0.717, 1.165) is 11.4 Å². The lowest BCUT2D eigenvalue weighted by Crippen LogP contribution is -2.09. The average molecular weight is 452 g/mol. The molecule has 0 N–H and O–H groups in total. The molecule has 0 amide bonds. The Morgan fingerprint density at radius 3 is 1.56 bits per heavy atom. The van der Waals surface area contributed by atoms with Gasteiger partial charge in [0.05, 0.1) is 0 Å². The summed E-state index contributed by atoms with van der Waals surface area (Å²) >= 11 is 1.86. The molecule has 160 valence electrons. The maximum atomic E-state index is 2.38. The molecule has 0 aliphatic rings. The molecule has 1 nitrogen and oxygen atoms in total. The van der Waals surface area contributed by atoms with E-state index in [1.165, 1.54) is 47.4 Å². The standard InChI is InChI=1S/C32H21NS/c1-3-9-24-19-26(15-13-22(24)7-1)33(27-16-14-23-8-2-4-10-25(23)20-27)28-17-18-32-30(21-28)29-11-5-6-12-31(29)34-32/h1-21H. The number of nitrogens with zero attached hydrogens (tertiary/aromatic N) is 1. The fourth-order valence-electron chi connectivity index (χ4n) is 4.93. The monoisotopic (exact) mass is 451 g/mol. The van der Waals surface area contributed by atoms with Crippen molar-refractivity contribution in [1.29, 1.82) is 0 Å². The molecule has 6 aromatic carbocycles. The number of hydrogen-bond donors (Lipinski definition) is 0. The van der Waals surface area contributed by atoms with Crippen LogP contribution in [0.5, 0.6) is 0 Å². The summed E-state index contributed by atoms with van der Waals surface area (Å²) in [6.07, 6.45) is 0. The third-order valence-electron chi connectivity index (χ3n) is 6.60. The second-order valence-electron chi connectivity index (χ2n) is 8.68. The van der Waals surface area contributed by atoms with Gasteiger partial charge in [-0.05, 0) is 70.1 Å². The Morgan fingerprint density at radius 2 is 0.882 bits per heavy atom.